The van der Waals surface area contributed by atoms with Crippen molar-refractivity contribution >= 4 is 41.4 Å². The zero-order valence-electron chi connectivity index (χ0n) is 13.7. The molecule has 0 aromatic carbocycles. The third kappa shape index (κ3) is 9.52. The van der Waals surface area contributed by atoms with E-state index in [-0.39, 0.29) is 0 Å². The van der Waals surface area contributed by atoms with Gasteiger partial charge in [-0.3, -0.25) is 19.2 Å². The highest BCUT2D eigenvalue weighted by atomic mass is 32.2. The summed E-state index contributed by atoms with van der Waals surface area (Å²) in [7, 11) is 0. The summed E-state index contributed by atoms with van der Waals surface area (Å²) in [6, 6.07) is -3.92. The van der Waals surface area contributed by atoms with Crippen molar-refractivity contribution in [3.63, 3.8) is 0 Å². The third-order valence-corrected chi connectivity index (χ3v) is 3.67. The first-order valence-electron chi connectivity index (χ1n) is 7.23. The molecule has 0 aliphatic rings. The van der Waals surface area contributed by atoms with E-state index in [0.717, 1.165) is 0 Å². The number of primary amides is 2. The van der Waals surface area contributed by atoms with E-state index in [1.807, 2.05) is 11.6 Å². The predicted molar refractivity (Wildman–Crippen MR) is 90.1 cm³/mol. The molecule has 12 heteroatoms. The molecule has 0 fully saturated rings. The van der Waals surface area contributed by atoms with E-state index >= 15 is 0 Å². The lowest BCUT2D eigenvalue weighted by molar-refractivity contribution is -0.143. The van der Waals surface area contributed by atoms with Crippen molar-refractivity contribution in [3.05, 3.63) is 0 Å². The quantitative estimate of drug-likeness (QED) is 0.204. The lowest BCUT2D eigenvalue weighted by Crippen LogP contribution is -2.55. The Labute approximate surface area is 148 Å². The molecule has 3 unspecified atom stereocenters. The maximum Gasteiger partial charge on any atom is 0.326 e. The Morgan fingerprint density at radius 2 is 1.44 bits per heavy atom. The SMILES string of the molecule is CSCCC(N)C(=O)NC(CC(N)=O)C(=O)NC(CC(N)=O)C(=O)O. The zero-order valence-corrected chi connectivity index (χ0v) is 14.5. The molecule has 0 heterocycles. The van der Waals surface area contributed by atoms with Crippen LogP contribution in [0.2, 0.25) is 0 Å². The Morgan fingerprint density at radius 1 is 0.960 bits per heavy atom. The fourth-order valence-electron chi connectivity index (χ4n) is 1.74. The van der Waals surface area contributed by atoms with E-state index in [2.05, 4.69) is 5.32 Å². The molecule has 0 aliphatic heterocycles. The van der Waals surface area contributed by atoms with Gasteiger partial charge in [0.15, 0.2) is 0 Å². The Balaban J connectivity index is 5.02. The molecule has 25 heavy (non-hydrogen) atoms. The molecule has 11 nitrogen and oxygen atoms in total. The highest BCUT2D eigenvalue weighted by Gasteiger charge is 2.29. The summed E-state index contributed by atoms with van der Waals surface area (Å²) in [5.41, 5.74) is 15.6. The summed E-state index contributed by atoms with van der Waals surface area (Å²) in [6.07, 6.45) is 0.970. The Hall–Kier alpha value is -2.34. The van der Waals surface area contributed by atoms with Crippen LogP contribution < -0.4 is 27.8 Å². The molecule has 0 bridgehead atoms. The van der Waals surface area contributed by atoms with Gasteiger partial charge >= 0.3 is 5.97 Å². The van der Waals surface area contributed by atoms with E-state index < -0.39 is 60.6 Å². The summed E-state index contributed by atoms with van der Waals surface area (Å²) in [6.45, 7) is 0. The second-order valence-electron chi connectivity index (χ2n) is 5.19. The molecule has 4 amide bonds. The first kappa shape index (κ1) is 22.7. The summed E-state index contributed by atoms with van der Waals surface area (Å²) in [5.74, 6) is -4.38. The molecular formula is C13H23N5O6S. The smallest absolute Gasteiger partial charge is 0.326 e. The van der Waals surface area contributed by atoms with E-state index in [1.54, 1.807) is 0 Å². The van der Waals surface area contributed by atoms with E-state index in [4.69, 9.17) is 22.3 Å². The van der Waals surface area contributed by atoms with Gasteiger partial charge in [0.25, 0.3) is 0 Å². The maximum atomic E-state index is 12.2. The zero-order chi connectivity index (χ0) is 19.6. The number of carbonyl (C=O) groups is 5. The van der Waals surface area contributed by atoms with Crippen LogP contribution in [0, 0.1) is 0 Å². The van der Waals surface area contributed by atoms with Gasteiger partial charge in [0.1, 0.15) is 12.1 Å². The van der Waals surface area contributed by atoms with Crippen LogP contribution in [0.4, 0.5) is 0 Å². The van der Waals surface area contributed by atoms with Crippen molar-refractivity contribution in [2.24, 2.45) is 17.2 Å². The lowest BCUT2D eigenvalue weighted by Gasteiger charge is -2.21. The fourth-order valence-corrected chi connectivity index (χ4v) is 2.23. The summed E-state index contributed by atoms with van der Waals surface area (Å²) < 4.78 is 0. The minimum Gasteiger partial charge on any atom is -0.480 e. The highest BCUT2D eigenvalue weighted by Crippen LogP contribution is 2.01. The molecule has 0 aromatic rings. The minimum atomic E-state index is -1.59. The number of nitrogens with one attached hydrogen (secondary N) is 2. The van der Waals surface area contributed by atoms with Crippen LogP contribution in [0.3, 0.4) is 0 Å². The Bertz CT molecular complexity index is 529. The van der Waals surface area contributed by atoms with Gasteiger partial charge in [-0.1, -0.05) is 0 Å². The number of hydrogen-bond acceptors (Lipinski definition) is 7. The number of carbonyl (C=O) groups excluding carboxylic acids is 4. The number of carboxylic acid groups (broad SMARTS) is 1. The molecule has 0 radical (unpaired) electrons. The van der Waals surface area contributed by atoms with Crippen molar-refractivity contribution in [1.29, 1.82) is 0 Å². The van der Waals surface area contributed by atoms with Crippen molar-refractivity contribution in [3.8, 4) is 0 Å². The maximum absolute atomic E-state index is 12.2. The van der Waals surface area contributed by atoms with E-state index in [0.29, 0.717) is 12.2 Å². The lowest BCUT2D eigenvalue weighted by atomic mass is 10.1. The van der Waals surface area contributed by atoms with Crippen LogP contribution in [0.5, 0.6) is 0 Å². The molecule has 0 saturated heterocycles. The van der Waals surface area contributed by atoms with Crippen LogP contribution in [0.25, 0.3) is 0 Å². The normalized spacial score (nSPS) is 14.0. The second kappa shape index (κ2) is 11.3. The molecule has 0 aromatic heterocycles. The highest BCUT2D eigenvalue weighted by molar-refractivity contribution is 7.98. The molecule has 0 spiro atoms. The average Bonchev–Trinajstić information content (AvgIpc) is 2.49. The molecule has 142 valence electrons. The van der Waals surface area contributed by atoms with Crippen LogP contribution in [0.15, 0.2) is 0 Å². The number of nitrogens with two attached hydrogens (primary N) is 3. The van der Waals surface area contributed by atoms with Crippen molar-refractivity contribution in [2.45, 2.75) is 37.4 Å². The van der Waals surface area contributed by atoms with Crippen LogP contribution in [-0.4, -0.2) is 64.8 Å². The van der Waals surface area contributed by atoms with Crippen molar-refractivity contribution < 1.29 is 29.1 Å². The van der Waals surface area contributed by atoms with Crippen LogP contribution in [0.1, 0.15) is 19.3 Å². The predicted octanol–water partition coefficient (Wildman–Crippen LogP) is -3.13. The molecule has 3 atom stereocenters. The van der Waals surface area contributed by atoms with E-state index in [9.17, 15) is 24.0 Å². The van der Waals surface area contributed by atoms with E-state index in [1.165, 1.54) is 11.8 Å². The van der Waals surface area contributed by atoms with Gasteiger partial charge in [0.2, 0.25) is 23.6 Å². The van der Waals surface area contributed by atoms with Gasteiger partial charge < -0.3 is 32.9 Å². The fraction of sp³-hybridized carbons (Fsp3) is 0.615. The Morgan fingerprint density at radius 3 is 1.88 bits per heavy atom. The van der Waals surface area contributed by atoms with Crippen molar-refractivity contribution in [2.75, 3.05) is 12.0 Å². The van der Waals surface area contributed by atoms with Gasteiger partial charge in [-0.25, -0.2) is 4.79 Å². The standard InChI is InChI=1S/C13H23N5O6S/c1-25-3-2-6(14)11(21)17-7(4-9(15)19)12(22)18-8(13(23)24)5-10(16)20/h6-8H,2-5,14H2,1H3,(H2,15,19)(H2,16,20)(H,17,21)(H,18,22)(H,23,24). The Kier molecular flexibility index (Phi) is 10.2. The molecule has 9 N–H and O–H groups in total. The van der Waals surface area contributed by atoms with Crippen molar-refractivity contribution in [1.82, 2.24) is 10.6 Å². The molecular weight excluding hydrogens is 354 g/mol. The molecule has 0 saturated carbocycles. The largest absolute Gasteiger partial charge is 0.480 e. The number of aliphatic carboxylic acids is 1. The van der Waals surface area contributed by atoms with Gasteiger partial charge in [0, 0.05) is 0 Å². The molecule has 0 aliphatic carbocycles. The number of thioether (sulfide) groups is 1. The van der Waals surface area contributed by atoms with Gasteiger partial charge in [-0.15, -0.1) is 0 Å². The topological polar surface area (TPSA) is 208 Å². The summed E-state index contributed by atoms with van der Waals surface area (Å²) >= 11 is 1.48. The number of carboxylic acids is 1. The molecule has 0 rings (SSSR count). The summed E-state index contributed by atoms with van der Waals surface area (Å²) in [4.78, 5) is 57.1. The third-order valence-electron chi connectivity index (χ3n) is 3.03. The average molecular weight is 377 g/mol. The summed E-state index contributed by atoms with van der Waals surface area (Å²) in [5, 5.41) is 13.3. The monoisotopic (exact) mass is 377 g/mol. The van der Waals surface area contributed by atoms with Crippen LogP contribution in [-0.2, 0) is 24.0 Å². The van der Waals surface area contributed by atoms with Gasteiger partial charge in [-0.2, -0.15) is 11.8 Å². The van der Waals surface area contributed by atoms with Gasteiger partial charge in [0.05, 0.1) is 18.9 Å². The van der Waals surface area contributed by atoms with Crippen LogP contribution >= 0.6 is 11.8 Å². The number of amides is 4. The number of rotatable bonds is 12. The first-order valence-corrected chi connectivity index (χ1v) is 8.62. The van der Waals surface area contributed by atoms with Gasteiger partial charge in [-0.05, 0) is 18.4 Å². The second-order valence-corrected chi connectivity index (χ2v) is 6.18. The number of hydrogen-bond donors (Lipinski definition) is 6. The first-order chi connectivity index (χ1) is 11.6. The minimum absolute atomic E-state index is 0.345.